The van der Waals surface area contributed by atoms with Crippen LogP contribution in [0.3, 0.4) is 0 Å². The number of aromatic nitrogens is 1. The van der Waals surface area contributed by atoms with Gasteiger partial charge in [-0.15, -0.1) is 11.6 Å². The van der Waals surface area contributed by atoms with Crippen molar-refractivity contribution in [2.75, 3.05) is 32.1 Å². The number of anilines is 1. The van der Waals surface area contributed by atoms with Crippen molar-refractivity contribution in [1.29, 1.82) is 0 Å². The van der Waals surface area contributed by atoms with Crippen LogP contribution in [0.5, 0.6) is 0 Å². The molecule has 6 nitrogen and oxygen atoms in total. The zero-order valence-corrected chi connectivity index (χ0v) is 19.9. The Labute approximate surface area is 195 Å². The van der Waals surface area contributed by atoms with Gasteiger partial charge in [-0.2, -0.15) is 0 Å². The number of rotatable bonds is 7. The fourth-order valence-corrected chi connectivity index (χ4v) is 4.96. The van der Waals surface area contributed by atoms with Gasteiger partial charge in [-0.3, -0.25) is 10.1 Å². The molecule has 1 aromatic heterocycles. The van der Waals surface area contributed by atoms with Crippen LogP contribution in [0.15, 0.2) is 36.5 Å². The minimum absolute atomic E-state index is 0.00679. The van der Waals surface area contributed by atoms with Crippen molar-refractivity contribution in [2.24, 2.45) is 0 Å². The maximum absolute atomic E-state index is 12.3. The molecule has 2 aromatic rings. The van der Waals surface area contributed by atoms with Crippen molar-refractivity contribution in [3.63, 3.8) is 0 Å². The first-order chi connectivity index (χ1) is 15.3. The van der Waals surface area contributed by atoms with E-state index in [0.717, 1.165) is 60.3 Å². The summed E-state index contributed by atoms with van der Waals surface area (Å²) in [5.41, 5.74) is 3.96. The van der Waals surface area contributed by atoms with E-state index < -0.39 is 0 Å². The highest BCUT2D eigenvalue weighted by Crippen LogP contribution is 2.35. The average Bonchev–Trinajstić information content (AvgIpc) is 2.79. The van der Waals surface area contributed by atoms with E-state index >= 15 is 0 Å². The van der Waals surface area contributed by atoms with Gasteiger partial charge < -0.3 is 15.4 Å². The number of fused-ring (bicyclic) bond motifs is 1. The number of halogens is 1. The summed E-state index contributed by atoms with van der Waals surface area (Å²) in [5, 5.41) is 10.00. The van der Waals surface area contributed by atoms with E-state index in [1.807, 2.05) is 24.4 Å². The molecule has 172 valence electrons. The molecule has 0 unspecified atom stereocenters. The lowest BCUT2D eigenvalue weighted by Crippen LogP contribution is -2.46. The minimum atomic E-state index is -0.339. The molecule has 0 bridgehead atoms. The Balaban J connectivity index is 1.45. The lowest BCUT2D eigenvalue weighted by molar-refractivity contribution is 0.0930. The summed E-state index contributed by atoms with van der Waals surface area (Å²) in [6.45, 7) is 6.41. The van der Waals surface area contributed by atoms with Gasteiger partial charge in [-0.05, 0) is 66.6 Å². The van der Waals surface area contributed by atoms with Gasteiger partial charge in [0.1, 0.15) is 5.82 Å². The molecule has 0 spiro atoms. The predicted molar refractivity (Wildman–Crippen MR) is 129 cm³/mol. The Kier molecular flexibility index (Phi) is 6.75. The first-order valence-corrected chi connectivity index (χ1v) is 11.8. The summed E-state index contributed by atoms with van der Waals surface area (Å²) in [7, 11) is 1.70. The van der Waals surface area contributed by atoms with Crippen LogP contribution in [0.25, 0.3) is 11.1 Å². The number of hydrogen-bond donors (Lipinski definition) is 3. The van der Waals surface area contributed by atoms with Crippen molar-refractivity contribution in [3.05, 3.63) is 47.7 Å². The Morgan fingerprint density at radius 2 is 1.94 bits per heavy atom. The van der Waals surface area contributed by atoms with E-state index in [1.165, 1.54) is 0 Å². The van der Waals surface area contributed by atoms with Crippen LogP contribution < -0.4 is 16.0 Å². The number of ether oxygens (including phenoxy) is 1. The first kappa shape index (κ1) is 23.0. The molecular weight excluding hydrogens is 424 g/mol. The second kappa shape index (κ2) is 9.38. The SMILES string of the molecule is COCCNC1(Cl)CCC(Nc2cc(-c3ccc4c(c3)C(C)(C)CNC4=O)ccn2)CC1. The van der Waals surface area contributed by atoms with E-state index in [1.54, 1.807) is 7.11 Å². The second-order valence-electron chi connectivity index (χ2n) is 9.56. The van der Waals surface area contributed by atoms with Gasteiger partial charge >= 0.3 is 0 Å². The van der Waals surface area contributed by atoms with E-state index in [-0.39, 0.29) is 16.3 Å². The van der Waals surface area contributed by atoms with Crippen molar-refractivity contribution in [1.82, 2.24) is 15.6 Å². The minimum Gasteiger partial charge on any atom is -0.383 e. The quantitative estimate of drug-likeness (QED) is 0.329. The van der Waals surface area contributed by atoms with Crippen LogP contribution in [-0.2, 0) is 10.2 Å². The zero-order chi connectivity index (χ0) is 22.8. The van der Waals surface area contributed by atoms with E-state index in [4.69, 9.17) is 16.3 Å². The zero-order valence-electron chi connectivity index (χ0n) is 19.1. The number of pyridine rings is 1. The van der Waals surface area contributed by atoms with Gasteiger partial charge in [0.15, 0.2) is 0 Å². The molecule has 4 rings (SSSR count). The number of carbonyl (C=O) groups is 1. The van der Waals surface area contributed by atoms with E-state index in [9.17, 15) is 4.79 Å². The Morgan fingerprint density at radius 1 is 1.19 bits per heavy atom. The molecule has 1 amide bonds. The lowest BCUT2D eigenvalue weighted by atomic mass is 9.78. The highest BCUT2D eigenvalue weighted by molar-refractivity contribution is 6.23. The maximum Gasteiger partial charge on any atom is 0.251 e. The third-order valence-electron chi connectivity index (χ3n) is 6.66. The molecule has 2 aliphatic rings. The van der Waals surface area contributed by atoms with Crippen LogP contribution >= 0.6 is 11.6 Å². The van der Waals surface area contributed by atoms with Crippen LogP contribution in [0.4, 0.5) is 5.82 Å². The molecular formula is C25H33ClN4O2. The molecule has 32 heavy (non-hydrogen) atoms. The summed E-state index contributed by atoms with van der Waals surface area (Å²) in [6.07, 6.45) is 5.61. The topological polar surface area (TPSA) is 75.3 Å². The first-order valence-electron chi connectivity index (χ1n) is 11.4. The van der Waals surface area contributed by atoms with E-state index in [0.29, 0.717) is 19.2 Å². The number of nitrogens with one attached hydrogen (secondary N) is 3. The summed E-state index contributed by atoms with van der Waals surface area (Å²) >= 11 is 6.74. The summed E-state index contributed by atoms with van der Waals surface area (Å²) in [4.78, 5) is 16.5. The number of hydrogen-bond acceptors (Lipinski definition) is 5. The number of nitrogens with zero attached hydrogens (tertiary/aromatic N) is 1. The molecule has 0 atom stereocenters. The lowest BCUT2D eigenvalue weighted by Gasteiger charge is -2.36. The molecule has 7 heteroatoms. The highest BCUT2D eigenvalue weighted by Gasteiger charge is 2.33. The average molecular weight is 457 g/mol. The Hall–Kier alpha value is -2.15. The summed E-state index contributed by atoms with van der Waals surface area (Å²) < 4.78 is 5.11. The predicted octanol–water partition coefficient (Wildman–Crippen LogP) is 4.30. The highest BCUT2D eigenvalue weighted by atomic mass is 35.5. The van der Waals surface area contributed by atoms with Crippen LogP contribution in [0, 0.1) is 0 Å². The van der Waals surface area contributed by atoms with Crippen molar-refractivity contribution in [3.8, 4) is 11.1 Å². The van der Waals surface area contributed by atoms with Crippen molar-refractivity contribution >= 4 is 23.3 Å². The van der Waals surface area contributed by atoms with Crippen LogP contribution in [0.1, 0.15) is 55.5 Å². The van der Waals surface area contributed by atoms with Gasteiger partial charge in [-0.1, -0.05) is 19.9 Å². The third-order valence-corrected chi connectivity index (χ3v) is 7.17. The van der Waals surface area contributed by atoms with Gasteiger partial charge in [0.2, 0.25) is 0 Å². The van der Waals surface area contributed by atoms with Gasteiger partial charge in [0.25, 0.3) is 5.91 Å². The van der Waals surface area contributed by atoms with Crippen molar-refractivity contribution < 1.29 is 9.53 Å². The van der Waals surface area contributed by atoms with Gasteiger partial charge in [0.05, 0.1) is 11.6 Å². The number of alkyl halides is 1. The molecule has 2 heterocycles. The van der Waals surface area contributed by atoms with Crippen molar-refractivity contribution in [2.45, 2.75) is 56.0 Å². The molecule has 1 aromatic carbocycles. The molecule has 1 saturated carbocycles. The number of amides is 1. The third kappa shape index (κ3) is 5.08. The molecule has 0 saturated heterocycles. The largest absolute Gasteiger partial charge is 0.383 e. The maximum atomic E-state index is 12.3. The standard InChI is InChI=1S/C25H33ClN4O2/c1-24(2)16-28-23(31)20-5-4-17(14-21(20)24)18-8-11-27-22(15-18)30-19-6-9-25(26,10-7-19)29-12-13-32-3/h4-5,8,11,14-15,19,29H,6-7,9-10,12-13,16H2,1-3H3,(H,27,30)(H,28,31). The molecule has 1 aliphatic carbocycles. The second-order valence-corrected chi connectivity index (χ2v) is 10.3. The number of carbonyl (C=O) groups excluding carboxylic acids is 1. The van der Waals surface area contributed by atoms with Gasteiger partial charge in [0, 0.05) is 43.4 Å². The molecule has 0 radical (unpaired) electrons. The summed E-state index contributed by atoms with van der Waals surface area (Å²) in [5.74, 6) is 0.879. The number of methoxy groups -OCH3 is 1. The van der Waals surface area contributed by atoms with Crippen LogP contribution in [-0.4, -0.2) is 48.7 Å². The number of benzene rings is 1. The van der Waals surface area contributed by atoms with Gasteiger partial charge in [-0.25, -0.2) is 4.98 Å². The molecule has 1 fully saturated rings. The van der Waals surface area contributed by atoms with Crippen LogP contribution in [0.2, 0.25) is 0 Å². The fourth-order valence-electron chi connectivity index (χ4n) is 4.65. The fraction of sp³-hybridized carbons (Fsp3) is 0.520. The van der Waals surface area contributed by atoms with E-state index in [2.05, 4.69) is 46.9 Å². The monoisotopic (exact) mass is 456 g/mol. The summed E-state index contributed by atoms with van der Waals surface area (Å²) in [6, 6.07) is 10.6. The Morgan fingerprint density at radius 3 is 2.69 bits per heavy atom. The molecule has 1 aliphatic heterocycles. The Bertz CT molecular complexity index is 970. The smallest absolute Gasteiger partial charge is 0.251 e. The molecule has 3 N–H and O–H groups in total. The normalized spacial score (nSPS) is 24.5.